The number of nitrogens with two attached hydrogens (primary N) is 1. The zero-order valence-corrected chi connectivity index (χ0v) is 21.3. The Morgan fingerprint density at radius 2 is 1.88 bits per heavy atom. The van der Waals surface area contributed by atoms with E-state index in [2.05, 4.69) is 47.0 Å². The van der Waals surface area contributed by atoms with Gasteiger partial charge in [0.1, 0.15) is 5.69 Å². The normalized spacial score (nSPS) is 15.4. The number of unbranched alkanes of at least 4 members (excludes halogenated alkanes) is 1. The lowest BCUT2D eigenvalue weighted by atomic mass is 10.1. The summed E-state index contributed by atoms with van der Waals surface area (Å²) in [6, 6.07) is 6.28. The zero-order valence-electron chi connectivity index (χ0n) is 20.6. The van der Waals surface area contributed by atoms with Crippen molar-refractivity contribution in [2.75, 3.05) is 42.2 Å². The maximum absolute atomic E-state index is 12.3. The van der Waals surface area contributed by atoms with Gasteiger partial charge in [-0.15, -0.1) is 0 Å². The van der Waals surface area contributed by atoms with E-state index in [0.717, 1.165) is 48.6 Å². The Morgan fingerprint density at radius 1 is 1.15 bits per heavy atom. The number of hydrogen-bond acceptors (Lipinski definition) is 7. The van der Waals surface area contributed by atoms with Crippen LogP contribution in [-0.2, 0) is 17.9 Å². The van der Waals surface area contributed by atoms with Crippen molar-refractivity contribution in [2.45, 2.75) is 66.0 Å². The molecule has 186 valence electrons. The van der Waals surface area contributed by atoms with Crippen molar-refractivity contribution in [1.29, 1.82) is 0 Å². The Hall–Kier alpha value is -2.58. The van der Waals surface area contributed by atoms with Gasteiger partial charge >= 0.3 is 6.01 Å². The average molecular weight is 489 g/mol. The minimum Gasteiger partial charge on any atom is -0.463 e. The van der Waals surface area contributed by atoms with Crippen molar-refractivity contribution >= 4 is 34.8 Å². The first-order valence-electron chi connectivity index (χ1n) is 12.3. The van der Waals surface area contributed by atoms with Crippen molar-refractivity contribution < 1.29 is 9.53 Å². The van der Waals surface area contributed by atoms with Gasteiger partial charge < -0.3 is 20.7 Å². The maximum Gasteiger partial charge on any atom is 0.320 e. The van der Waals surface area contributed by atoms with Crippen molar-refractivity contribution in [3.8, 4) is 6.01 Å². The molecular formula is C25H37ClN6O2. The third-order valence-electron chi connectivity index (χ3n) is 5.60. The van der Waals surface area contributed by atoms with Crippen LogP contribution in [0.25, 0.3) is 0 Å². The molecule has 0 saturated carbocycles. The number of carbonyl (C=O) groups excluding carboxylic acids is 1. The Balaban J connectivity index is 0.00000103. The van der Waals surface area contributed by atoms with Crippen LogP contribution < -0.4 is 20.7 Å². The second kappa shape index (κ2) is 12.8. The molecule has 3 N–H and O–H groups in total. The van der Waals surface area contributed by atoms with E-state index in [1.54, 1.807) is 0 Å². The number of likely N-dealkylation sites (tertiary alicyclic amines) is 1. The summed E-state index contributed by atoms with van der Waals surface area (Å²) in [6.45, 7) is 10.6. The molecule has 8 nitrogen and oxygen atoms in total. The molecule has 0 atom stereocenters. The van der Waals surface area contributed by atoms with Gasteiger partial charge in [-0.05, 0) is 49.5 Å². The summed E-state index contributed by atoms with van der Waals surface area (Å²) < 4.78 is 5.66. The molecule has 1 aromatic heterocycles. The predicted octanol–water partition coefficient (Wildman–Crippen LogP) is 4.86. The number of benzene rings is 1. The van der Waals surface area contributed by atoms with E-state index in [-0.39, 0.29) is 24.3 Å². The number of halogens is 1. The summed E-state index contributed by atoms with van der Waals surface area (Å²) in [5.41, 5.74) is 8.70. The molecule has 1 saturated heterocycles. The average Bonchev–Trinajstić information content (AvgIpc) is 3.31. The zero-order chi connectivity index (χ0) is 24.5. The number of ether oxygens (including phenoxy) is 1. The molecule has 4 rings (SSSR count). The molecule has 0 bridgehead atoms. The minimum atomic E-state index is -0.145. The van der Waals surface area contributed by atoms with Gasteiger partial charge in [0.15, 0.2) is 11.6 Å². The smallest absolute Gasteiger partial charge is 0.320 e. The molecule has 1 fully saturated rings. The predicted molar refractivity (Wildman–Crippen MR) is 138 cm³/mol. The van der Waals surface area contributed by atoms with E-state index in [0.29, 0.717) is 24.7 Å². The molecule has 0 spiro atoms. The van der Waals surface area contributed by atoms with Crippen LogP contribution in [-0.4, -0.2) is 47.0 Å². The van der Waals surface area contributed by atoms with Crippen molar-refractivity contribution in [3.05, 3.63) is 34.3 Å². The van der Waals surface area contributed by atoms with Gasteiger partial charge in [-0.2, -0.15) is 9.97 Å². The van der Waals surface area contributed by atoms with Crippen LogP contribution in [0.5, 0.6) is 6.01 Å². The summed E-state index contributed by atoms with van der Waals surface area (Å²) >= 11 is 6.47. The molecule has 34 heavy (non-hydrogen) atoms. The van der Waals surface area contributed by atoms with Gasteiger partial charge in [0.05, 0.1) is 13.2 Å². The lowest BCUT2D eigenvalue weighted by Gasteiger charge is -2.30. The van der Waals surface area contributed by atoms with Crippen LogP contribution in [0.1, 0.15) is 64.0 Å². The molecule has 2 aliphatic heterocycles. The number of amides is 1. The van der Waals surface area contributed by atoms with Crippen LogP contribution in [0.15, 0.2) is 18.2 Å². The van der Waals surface area contributed by atoms with E-state index in [1.807, 2.05) is 17.0 Å². The van der Waals surface area contributed by atoms with Crippen LogP contribution in [0.3, 0.4) is 0 Å². The van der Waals surface area contributed by atoms with E-state index >= 15 is 0 Å². The van der Waals surface area contributed by atoms with Crippen LogP contribution in [0, 0.1) is 0 Å². The van der Waals surface area contributed by atoms with Gasteiger partial charge in [-0.1, -0.05) is 57.3 Å². The van der Waals surface area contributed by atoms with Crippen LogP contribution >= 0.6 is 11.6 Å². The number of hydrogen-bond donors (Lipinski definition) is 2. The molecule has 0 unspecified atom stereocenters. The number of nitrogen functional groups attached to an aromatic ring is 1. The summed E-state index contributed by atoms with van der Waals surface area (Å²) in [4.78, 5) is 25.4. The fraction of sp³-hybridized carbons (Fsp3) is 0.560. The second-order valence-electron chi connectivity index (χ2n) is 8.81. The van der Waals surface area contributed by atoms with Gasteiger partial charge in [0.25, 0.3) is 0 Å². The second-order valence-corrected chi connectivity index (χ2v) is 9.22. The Labute approximate surface area is 207 Å². The standard InChI is InChI=1S/C22H29ClN6O2.C3H8/c1-2-3-10-31-22-26-20(24)19-21(27-22)29(14-18(30)25-19)12-15-6-7-17(23)16(11-15)13-28-8-4-5-9-28;1-3-2/h6-7,11H,2-5,8-10,12-14H2,1H3,(H,25,30)(H2,24,26,27);3H2,1-2H3. The highest BCUT2D eigenvalue weighted by atomic mass is 35.5. The Morgan fingerprint density at radius 3 is 2.59 bits per heavy atom. The van der Waals surface area contributed by atoms with Crippen molar-refractivity contribution in [1.82, 2.24) is 14.9 Å². The van der Waals surface area contributed by atoms with Crippen LogP contribution in [0.4, 0.5) is 17.3 Å². The lowest BCUT2D eigenvalue weighted by molar-refractivity contribution is -0.115. The van der Waals surface area contributed by atoms with E-state index in [9.17, 15) is 4.79 Å². The fourth-order valence-electron chi connectivity index (χ4n) is 3.97. The van der Waals surface area contributed by atoms with E-state index < -0.39 is 0 Å². The number of anilines is 3. The highest BCUT2D eigenvalue weighted by Crippen LogP contribution is 2.34. The quantitative estimate of drug-likeness (QED) is 0.512. The van der Waals surface area contributed by atoms with E-state index in [1.165, 1.54) is 19.3 Å². The Bertz CT molecular complexity index is 965. The first kappa shape index (κ1) is 26.0. The molecule has 0 aliphatic carbocycles. The molecule has 9 heteroatoms. The number of nitrogens with one attached hydrogen (secondary N) is 1. The topological polar surface area (TPSA) is 96.6 Å². The van der Waals surface area contributed by atoms with Crippen molar-refractivity contribution in [3.63, 3.8) is 0 Å². The summed E-state index contributed by atoms with van der Waals surface area (Å²) in [6.07, 6.45) is 5.64. The largest absolute Gasteiger partial charge is 0.463 e. The molecule has 2 aliphatic rings. The number of nitrogens with zero attached hydrogens (tertiary/aromatic N) is 4. The number of rotatable bonds is 8. The summed E-state index contributed by atoms with van der Waals surface area (Å²) in [5.74, 6) is 0.642. The van der Waals surface area contributed by atoms with Gasteiger partial charge in [-0.3, -0.25) is 9.69 Å². The lowest BCUT2D eigenvalue weighted by Crippen LogP contribution is -2.39. The SMILES string of the molecule is CCC.CCCCOc1nc(N)c2c(n1)N(Cc1ccc(Cl)c(CN3CCCC3)c1)CC(=O)N2. The van der Waals surface area contributed by atoms with Gasteiger partial charge in [0, 0.05) is 18.1 Å². The monoisotopic (exact) mass is 488 g/mol. The first-order chi connectivity index (χ1) is 16.4. The molecule has 1 aromatic carbocycles. The fourth-order valence-corrected chi connectivity index (χ4v) is 4.15. The Kier molecular flexibility index (Phi) is 9.77. The maximum atomic E-state index is 12.3. The molecular weight excluding hydrogens is 452 g/mol. The summed E-state index contributed by atoms with van der Waals surface area (Å²) in [5, 5.41) is 3.56. The number of fused-ring (bicyclic) bond motifs is 1. The van der Waals surface area contributed by atoms with E-state index in [4.69, 9.17) is 22.1 Å². The van der Waals surface area contributed by atoms with Gasteiger partial charge in [0.2, 0.25) is 5.91 Å². The molecule has 0 radical (unpaired) electrons. The highest BCUT2D eigenvalue weighted by molar-refractivity contribution is 6.31. The molecule has 1 amide bonds. The molecule has 3 heterocycles. The van der Waals surface area contributed by atoms with Gasteiger partial charge in [-0.25, -0.2) is 0 Å². The first-order valence-corrected chi connectivity index (χ1v) is 12.7. The highest BCUT2D eigenvalue weighted by Gasteiger charge is 2.27. The number of carbonyl (C=O) groups is 1. The van der Waals surface area contributed by atoms with Crippen LogP contribution in [0.2, 0.25) is 5.02 Å². The minimum absolute atomic E-state index is 0.145. The molecule has 2 aromatic rings. The third-order valence-corrected chi connectivity index (χ3v) is 5.97. The number of aromatic nitrogens is 2. The third kappa shape index (κ3) is 6.96. The van der Waals surface area contributed by atoms with Crippen molar-refractivity contribution in [2.24, 2.45) is 0 Å². The summed E-state index contributed by atoms with van der Waals surface area (Å²) in [7, 11) is 0.